The Morgan fingerprint density at radius 2 is 2.13 bits per heavy atom. The minimum atomic E-state index is -0.964. The van der Waals surface area contributed by atoms with Crippen LogP contribution in [0.15, 0.2) is 4.99 Å². The molecule has 0 saturated carbocycles. The van der Waals surface area contributed by atoms with Crippen LogP contribution in [0.1, 0.15) is 20.3 Å². The van der Waals surface area contributed by atoms with Crippen molar-refractivity contribution in [3.05, 3.63) is 0 Å². The van der Waals surface area contributed by atoms with Crippen LogP contribution < -0.4 is 11.5 Å². The standard InChI is InChI=1S/C9H19N3O2S/c1-3-7(12-6(2)10)4-15-5-8(11)9(13)14/h7-8H,3-5,11H2,1-2H3,(H2,10,12)(H,13,14)/t7?,8-/m0/s1. The molecule has 0 aliphatic rings. The van der Waals surface area contributed by atoms with Crippen LogP contribution in [0.4, 0.5) is 0 Å². The van der Waals surface area contributed by atoms with Crippen LogP contribution in [0.3, 0.4) is 0 Å². The van der Waals surface area contributed by atoms with Gasteiger partial charge in [-0.3, -0.25) is 9.79 Å². The average molecular weight is 233 g/mol. The second kappa shape index (κ2) is 7.53. The zero-order valence-corrected chi connectivity index (χ0v) is 9.96. The van der Waals surface area contributed by atoms with Gasteiger partial charge in [0.05, 0.1) is 11.9 Å². The van der Waals surface area contributed by atoms with Crippen LogP contribution in [-0.2, 0) is 4.79 Å². The molecule has 0 radical (unpaired) electrons. The van der Waals surface area contributed by atoms with E-state index in [0.29, 0.717) is 11.6 Å². The topological polar surface area (TPSA) is 102 Å². The van der Waals surface area contributed by atoms with Crippen LogP contribution >= 0.6 is 11.8 Å². The molecule has 5 N–H and O–H groups in total. The average Bonchev–Trinajstić information content (AvgIpc) is 2.15. The van der Waals surface area contributed by atoms with Gasteiger partial charge >= 0.3 is 5.97 Å². The Kier molecular flexibility index (Phi) is 7.15. The second-order valence-electron chi connectivity index (χ2n) is 3.31. The SMILES string of the molecule is CCC(CSC[C@H](N)C(=O)O)N=C(C)N. The number of amidine groups is 1. The molecule has 0 rings (SSSR count). The summed E-state index contributed by atoms with van der Waals surface area (Å²) in [5.74, 6) is 0.760. The molecule has 0 aliphatic carbocycles. The fourth-order valence-electron chi connectivity index (χ4n) is 0.937. The van der Waals surface area contributed by atoms with Crippen molar-refractivity contribution in [1.29, 1.82) is 0 Å². The maximum atomic E-state index is 10.4. The van der Waals surface area contributed by atoms with Crippen LogP contribution in [0.5, 0.6) is 0 Å². The summed E-state index contributed by atoms with van der Waals surface area (Å²) in [6.45, 7) is 3.77. The molecule has 0 saturated heterocycles. The number of carboxylic acid groups (broad SMARTS) is 1. The summed E-state index contributed by atoms with van der Waals surface area (Å²) in [6.07, 6.45) is 0.893. The molecule has 0 heterocycles. The molecule has 0 aromatic rings. The normalized spacial score (nSPS) is 16.1. The summed E-state index contributed by atoms with van der Waals surface area (Å²) in [5.41, 5.74) is 10.8. The molecule has 0 bridgehead atoms. The number of nitrogens with zero attached hydrogens (tertiary/aromatic N) is 1. The minimum absolute atomic E-state index is 0.154. The highest BCUT2D eigenvalue weighted by molar-refractivity contribution is 7.99. The first-order valence-electron chi connectivity index (χ1n) is 4.83. The Morgan fingerprint density at radius 1 is 1.53 bits per heavy atom. The summed E-state index contributed by atoms with van der Waals surface area (Å²) in [6, 6.07) is -0.642. The molecule has 6 heteroatoms. The fourth-order valence-corrected chi connectivity index (χ4v) is 2.05. The number of hydrogen-bond acceptors (Lipinski definition) is 4. The van der Waals surface area contributed by atoms with Crippen LogP contribution in [0.25, 0.3) is 0 Å². The number of thioether (sulfide) groups is 1. The number of carboxylic acids is 1. The van der Waals surface area contributed by atoms with Crippen molar-refractivity contribution >= 4 is 23.6 Å². The Bertz CT molecular complexity index is 229. The molecule has 0 fully saturated rings. The van der Waals surface area contributed by atoms with E-state index in [0.717, 1.165) is 12.2 Å². The third-order valence-electron chi connectivity index (χ3n) is 1.78. The fraction of sp³-hybridized carbons (Fsp3) is 0.778. The van der Waals surface area contributed by atoms with Gasteiger partial charge in [0.25, 0.3) is 0 Å². The number of rotatable bonds is 7. The van der Waals surface area contributed by atoms with Gasteiger partial charge in [0.15, 0.2) is 0 Å². The molecule has 0 aliphatic heterocycles. The Hall–Kier alpha value is -0.750. The van der Waals surface area contributed by atoms with Crippen molar-refractivity contribution in [3.8, 4) is 0 Å². The molecule has 0 aromatic carbocycles. The van der Waals surface area contributed by atoms with Gasteiger partial charge in [0, 0.05) is 11.5 Å². The van der Waals surface area contributed by atoms with E-state index in [1.54, 1.807) is 6.92 Å². The summed E-state index contributed by atoms with van der Waals surface area (Å²) in [5, 5.41) is 8.56. The van der Waals surface area contributed by atoms with Gasteiger partial charge in [-0.2, -0.15) is 11.8 Å². The quantitative estimate of drug-likeness (QED) is 0.433. The van der Waals surface area contributed by atoms with Crippen molar-refractivity contribution < 1.29 is 9.90 Å². The largest absolute Gasteiger partial charge is 0.480 e. The highest BCUT2D eigenvalue weighted by Crippen LogP contribution is 2.09. The molecule has 5 nitrogen and oxygen atoms in total. The van der Waals surface area contributed by atoms with E-state index < -0.39 is 12.0 Å². The Morgan fingerprint density at radius 3 is 2.53 bits per heavy atom. The minimum Gasteiger partial charge on any atom is -0.480 e. The van der Waals surface area contributed by atoms with Gasteiger partial charge in [-0.1, -0.05) is 6.92 Å². The van der Waals surface area contributed by atoms with Crippen molar-refractivity contribution in [2.24, 2.45) is 16.5 Å². The van der Waals surface area contributed by atoms with Gasteiger partial charge in [-0.15, -0.1) is 0 Å². The first kappa shape index (κ1) is 14.2. The Labute approximate surface area is 94.3 Å². The molecule has 2 atom stereocenters. The summed E-state index contributed by atoms with van der Waals surface area (Å²) >= 11 is 1.50. The zero-order chi connectivity index (χ0) is 11.8. The molecule has 0 spiro atoms. The van der Waals surface area contributed by atoms with Crippen molar-refractivity contribution in [2.75, 3.05) is 11.5 Å². The van der Waals surface area contributed by atoms with Crippen LogP contribution in [0, 0.1) is 0 Å². The van der Waals surface area contributed by atoms with E-state index >= 15 is 0 Å². The first-order valence-corrected chi connectivity index (χ1v) is 5.98. The molecule has 0 amide bonds. The van der Waals surface area contributed by atoms with Crippen molar-refractivity contribution in [2.45, 2.75) is 32.4 Å². The van der Waals surface area contributed by atoms with E-state index in [1.165, 1.54) is 11.8 Å². The Balaban J connectivity index is 3.82. The lowest BCUT2D eigenvalue weighted by Crippen LogP contribution is -2.33. The smallest absolute Gasteiger partial charge is 0.321 e. The lowest BCUT2D eigenvalue weighted by molar-refractivity contribution is -0.137. The first-order chi connectivity index (χ1) is 6.97. The van der Waals surface area contributed by atoms with E-state index in [1.807, 2.05) is 6.92 Å². The van der Waals surface area contributed by atoms with Crippen LogP contribution in [-0.4, -0.2) is 40.5 Å². The van der Waals surface area contributed by atoms with Crippen LogP contribution in [0.2, 0.25) is 0 Å². The predicted octanol–water partition coefficient (Wildman–Crippen LogP) is 0.287. The van der Waals surface area contributed by atoms with Gasteiger partial charge < -0.3 is 16.6 Å². The number of nitrogens with two attached hydrogens (primary N) is 2. The molecule has 1 unspecified atom stereocenters. The van der Waals surface area contributed by atoms with Crippen molar-refractivity contribution in [3.63, 3.8) is 0 Å². The van der Waals surface area contributed by atoms with E-state index in [2.05, 4.69) is 4.99 Å². The van der Waals surface area contributed by atoms with E-state index in [9.17, 15) is 4.79 Å². The number of aliphatic carboxylic acids is 1. The third-order valence-corrected chi connectivity index (χ3v) is 3.00. The maximum absolute atomic E-state index is 10.4. The number of aliphatic imine (C=N–C) groups is 1. The zero-order valence-electron chi connectivity index (χ0n) is 9.14. The second-order valence-corrected chi connectivity index (χ2v) is 4.39. The van der Waals surface area contributed by atoms with Gasteiger partial charge in [-0.05, 0) is 13.3 Å². The van der Waals surface area contributed by atoms with E-state index in [4.69, 9.17) is 16.6 Å². The summed E-state index contributed by atoms with van der Waals surface area (Å²) in [7, 11) is 0. The monoisotopic (exact) mass is 233 g/mol. The number of hydrogen-bond donors (Lipinski definition) is 3. The third kappa shape index (κ3) is 7.21. The summed E-state index contributed by atoms with van der Waals surface area (Å²) < 4.78 is 0. The highest BCUT2D eigenvalue weighted by Gasteiger charge is 2.12. The molecule has 15 heavy (non-hydrogen) atoms. The lowest BCUT2D eigenvalue weighted by Gasteiger charge is -2.11. The maximum Gasteiger partial charge on any atom is 0.321 e. The summed E-state index contributed by atoms with van der Waals surface area (Å²) in [4.78, 5) is 14.7. The molecule has 0 aromatic heterocycles. The lowest BCUT2D eigenvalue weighted by atomic mass is 10.3. The molecule has 88 valence electrons. The van der Waals surface area contributed by atoms with Crippen molar-refractivity contribution in [1.82, 2.24) is 0 Å². The van der Waals surface area contributed by atoms with Gasteiger partial charge in [-0.25, -0.2) is 0 Å². The van der Waals surface area contributed by atoms with E-state index in [-0.39, 0.29) is 6.04 Å². The number of carbonyl (C=O) groups is 1. The van der Waals surface area contributed by atoms with Gasteiger partial charge in [0.2, 0.25) is 0 Å². The molecular weight excluding hydrogens is 214 g/mol. The van der Waals surface area contributed by atoms with Gasteiger partial charge in [0.1, 0.15) is 6.04 Å². The molecular formula is C9H19N3O2S. The predicted molar refractivity (Wildman–Crippen MR) is 64.3 cm³/mol. The highest BCUT2D eigenvalue weighted by atomic mass is 32.2.